The molecule has 0 spiro atoms. The van der Waals surface area contributed by atoms with Crippen LogP contribution in [0.3, 0.4) is 0 Å². The summed E-state index contributed by atoms with van der Waals surface area (Å²) >= 11 is 0. The first-order valence-electron chi connectivity index (χ1n) is 3.22. The average Bonchev–Trinajstić information content (AvgIpc) is 2.02. The van der Waals surface area contributed by atoms with E-state index in [0.717, 1.165) is 0 Å². The number of carbonyl (C=O) groups is 3. The summed E-state index contributed by atoms with van der Waals surface area (Å²) in [5, 5.41) is 8.25. The van der Waals surface area contributed by atoms with E-state index in [4.69, 9.17) is 16.6 Å². The van der Waals surface area contributed by atoms with Crippen LogP contribution in [-0.2, 0) is 14.4 Å². The van der Waals surface area contributed by atoms with E-state index < -0.39 is 30.0 Å². The van der Waals surface area contributed by atoms with Gasteiger partial charge in [0, 0.05) is 0 Å². The minimum atomic E-state index is -1.62. The molecule has 0 aromatic heterocycles. The molecule has 0 bridgehead atoms. The molecular formula is C6H10N2O4. The summed E-state index contributed by atoms with van der Waals surface area (Å²) < 4.78 is 0. The molecule has 1 unspecified atom stereocenters. The molecule has 0 aliphatic rings. The molecule has 68 valence electrons. The van der Waals surface area contributed by atoms with Crippen LogP contribution >= 0.6 is 0 Å². The number of hydrogen-bond donors (Lipinski definition) is 3. The second-order valence-corrected chi connectivity index (χ2v) is 2.20. The molecule has 0 saturated heterocycles. The maximum atomic E-state index is 10.8. The predicted octanol–water partition coefficient (Wildman–Crippen LogP) is -2.11. The van der Waals surface area contributed by atoms with Crippen LogP contribution in [0, 0.1) is 0 Å². The molecule has 0 fully saturated rings. The van der Waals surface area contributed by atoms with Crippen molar-refractivity contribution in [3.05, 3.63) is 0 Å². The van der Waals surface area contributed by atoms with Gasteiger partial charge in [-0.1, -0.05) is 0 Å². The highest BCUT2D eigenvalue weighted by molar-refractivity contribution is 6.10. The highest BCUT2D eigenvalue weighted by atomic mass is 16.4. The maximum Gasteiger partial charge on any atom is 0.328 e. The van der Waals surface area contributed by atoms with Crippen molar-refractivity contribution in [3.8, 4) is 0 Å². The van der Waals surface area contributed by atoms with Crippen LogP contribution in [0.1, 0.15) is 6.42 Å². The normalized spacial score (nSPS) is 12.2. The van der Waals surface area contributed by atoms with Crippen LogP contribution in [0.2, 0.25) is 0 Å². The summed E-state index contributed by atoms with van der Waals surface area (Å²) in [6.45, 7) is -0.280. The summed E-state index contributed by atoms with van der Waals surface area (Å²) in [4.78, 5) is 31.4. The van der Waals surface area contributed by atoms with E-state index in [1.165, 1.54) is 0 Å². The lowest BCUT2D eigenvalue weighted by Crippen LogP contribution is -2.40. The zero-order valence-corrected chi connectivity index (χ0v) is 6.32. The van der Waals surface area contributed by atoms with Gasteiger partial charge in [0.15, 0.2) is 17.6 Å². The van der Waals surface area contributed by atoms with E-state index in [1.54, 1.807) is 0 Å². The average molecular weight is 174 g/mol. The number of hydrogen-bond acceptors (Lipinski definition) is 5. The molecule has 6 heteroatoms. The molecule has 0 aliphatic carbocycles. The summed E-state index contributed by atoms with van der Waals surface area (Å²) in [6.07, 6.45) is -0.510. The zero-order chi connectivity index (χ0) is 9.72. The van der Waals surface area contributed by atoms with Gasteiger partial charge in [-0.2, -0.15) is 0 Å². The number of rotatable bonds is 5. The number of nitrogens with two attached hydrogens (primary N) is 2. The fraction of sp³-hybridized carbons (Fsp3) is 0.500. The van der Waals surface area contributed by atoms with Gasteiger partial charge in [0.1, 0.15) is 0 Å². The second kappa shape index (κ2) is 4.58. The van der Waals surface area contributed by atoms with Crippen molar-refractivity contribution in [1.29, 1.82) is 0 Å². The van der Waals surface area contributed by atoms with Crippen molar-refractivity contribution in [1.82, 2.24) is 0 Å². The van der Waals surface area contributed by atoms with Gasteiger partial charge in [-0.25, -0.2) is 0 Å². The number of carboxylic acids is 1. The van der Waals surface area contributed by atoms with Gasteiger partial charge in [-0.3, -0.25) is 14.4 Å². The van der Waals surface area contributed by atoms with Gasteiger partial charge < -0.3 is 16.6 Å². The molecule has 12 heavy (non-hydrogen) atoms. The molecule has 0 aromatic rings. The van der Waals surface area contributed by atoms with Crippen molar-refractivity contribution >= 4 is 17.5 Å². The van der Waals surface area contributed by atoms with Gasteiger partial charge in [0.2, 0.25) is 0 Å². The molecule has 1 atom stereocenters. The Kier molecular flexibility index (Phi) is 4.09. The number of aliphatic carboxylic acids is 1. The lowest BCUT2D eigenvalue weighted by atomic mass is 10.1. The Balaban J connectivity index is 4.04. The third-order valence-electron chi connectivity index (χ3n) is 1.21. The Bertz CT molecular complexity index is 214. The van der Waals surface area contributed by atoms with Crippen molar-refractivity contribution < 1.29 is 19.5 Å². The monoisotopic (exact) mass is 174 g/mol. The molecule has 5 N–H and O–H groups in total. The highest BCUT2D eigenvalue weighted by Crippen LogP contribution is 1.90. The molecule has 6 nitrogen and oxygen atoms in total. The smallest absolute Gasteiger partial charge is 0.328 e. The van der Waals surface area contributed by atoms with Gasteiger partial charge in [-0.05, 0) is 0 Å². The first kappa shape index (κ1) is 10.7. The van der Waals surface area contributed by atoms with Crippen LogP contribution in [0.15, 0.2) is 0 Å². The van der Waals surface area contributed by atoms with Crippen LogP contribution < -0.4 is 11.5 Å². The van der Waals surface area contributed by atoms with E-state index in [0.29, 0.717) is 0 Å². The number of ketones is 2. The summed E-state index contributed by atoms with van der Waals surface area (Å²) in [5.74, 6) is -2.78. The minimum absolute atomic E-state index is 0.280. The quantitative estimate of drug-likeness (QED) is 0.409. The van der Waals surface area contributed by atoms with E-state index in [2.05, 4.69) is 0 Å². The summed E-state index contributed by atoms with van der Waals surface area (Å²) in [7, 11) is 0. The van der Waals surface area contributed by atoms with Crippen molar-refractivity contribution in [2.75, 3.05) is 6.54 Å². The van der Waals surface area contributed by atoms with E-state index in [9.17, 15) is 14.4 Å². The summed E-state index contributed by atoms with van der Waals surface area (Å²) in [6, 6.07) is -1.62. The Morgan fingerprint density at radius 2 is 1.83 bits per heavy atom. The van der Waals surface area contributed by atoms with Gasteiger partial charge in [0.25, 0.3) is 0 Å². The number of carboxylic acid groups (broad SMARTS) is 1. The Labute approximate surface area is 68.5 Å². The largest absolute Gasteiger partial charge is 0.480 e. The first-order valence-corrected chi connectivity index (χ1v) is 3.22. The fourth-order valence-electron chi connectivity index (χ4n) is 0.514. The van der Waals surface area contributed by atoms with Gasteiger partial charge in [-0.15, -0.1) is 0 Å². The molecule has 0 radical (unpaired) electrons. The molecule has 0 rings (SSSR count). The standard InChI is InChI=1S/C6H10N2O4/c7-2-3(9)1-4(10)5(8)6(11)12/h5H,1-2,7-8H2,(H,11,12). The highest BCUT2D eigenvalue weighted by Gasteiger charge is 2.22. The third kappa shape index (κ3) is 3.22. The fourth-order valence-corrected chi connectivity index (χ4v) is 0.514. The molecule has 0 amide bonds. The lowest BCUT2D eigenvalue weighted by Gasteiger charge is -2.02. The van der Waals surface area contributed by atoms with Crippen LogP contribution in [0.5, 0.6) is 0 Å². The third-order valence-corrected chi connectivity index (χ3v) is 1.21. The Morgan fingerprint density at radius 1 is 1.33 bits per heavy atom. The maximum absolute atomic E-state index is 10.8. The van der Waals surface area contributed by atoms with Gasteiger partial charge in [0.05, 0.1) is 13.0 Å². The summed E-state index contributed by atoms with van der Waals surface area (Å²) in [5.41, 5.74) is 9.83. The van der Waals surface area contributed by atoms with Crippen molar-refractivity contribution in [2.45, 2.75) is 12.5 Å². The molecule has 0 aromatic carbocycles. The van der Waals surface area contributed by atoms with Crippen LogP contribution in [0.4, 0.5) is 0 Å². The predicted molar refractivity (Wildman–Crippen MR) is 39.3 cm³/mol. The SMILES string of the molecule is NCC(=O)CC(=O)C(N)C(=O)O. The van der Waals surface area contributed by atoms with Gasteiger partial charge >= 0.3 is 5.97 Å². The topological polar surface area (TPSA) is 123 Å². The zero-order valence-electron chi connectivity index (χ0n) is 6.32. The lowest BCUT2D eigenvalue weighted by molar-refractivity contribution is -0.142. The Hall–Kier alpha value is -1.27. The van der Waals surface area contributed by atoms with E-state index >= 15 is 0 Å². The second-order valence-electron chi connectivity index (χ2n) is 2.20. The number of Topliss-reactive ketones (excluding diaryl/α,β-unsaturated/α-hetero) is 2. The minimum Gasteiger partial charge on any atom is -0.480 e. The molecule has 0 aliphatic heterocycles. The van der Waals surface area contributed by atoms with Crippen LogP contribution in [-0.4, -0.2) is 35.2 Å². The first-order chi connectivity index (χ1) is 5.49. The molecule has 0 saturated carbocycles. The van der Waals surface area contributed by atoms with E-state index in [-0.39, 0.29) is 6.54 Å². The Morgan fingerprint density at radius 3 is 2.17 bits per heavy atom. The van der Waals surface area contributed by atoms with Crippen LogP contribution in [0.25, 0.3) is 0 Å². The number of carbonyl (C=O) groups excluding carboxylic acids is 2. The van der Waals surface area contributed by atoms with E-state index in [1.807, 2.05) is 0 Å². The van der Waals surface area contributed by atoms with Crippen molar-refractivity contribution in [3.63, 3.8) is 0 Å². The molecule has 0 heterocycles. The van der Waals surface area contributed by atoms with Crippen molar-refractivity contribution in [2.24, 2.45) is 11.5 Å². The molecular weight excluding hydrogens is 164 g/mol.